The Morgan fingerprint density at radius 1 is 1.09 bits per heavy atom. The number of hydrogen-bond acceptors (Lipinski definition) is 3. The number of halogens is 4. The third kappa shape index (κ3) is 2.32. The number of hydrogen-bond donors (Lipinski definition) is 3. The maximum atomic E-state index is 12.8. The van der Waals surface area contributed by atoms with Crippen molar-refractivity contribution in [1.29, 1.82) is 0 Å². The molecule has 1 atom stereocenters. The highest BCUT2D eigenvalue weighted by atomic mass is 35.5. The second-order valence-electron chi connectivity index (χ2n) is 5.08. The molecule has 0 fully saturated rings. The summed E-state index contributed by atoms with van der Waals surface area (Å²) in [7, 11) is 0. The van der Waals surface area contributed by atoms with Crippen LogP contribution in [0.5, 0.6) is 5.75 Å². The Bertz CT molecular complexity index is 822. The average molecular weight is 344 g/mol. The summed E-state index contributed by atoms with van der Waals surface area (Å²) < 4.78 is 38.3. The molecule has 2 aromatic rings. The van der Waals surface area contributed by atoms with Gasteiger partial charge in [0.05, 0.1) is 5.56 Å². The molecular weight excluding hydrogens is 335 g/mol. The van der Waals surface area contributed by atoms with Crippen LogP contribution in [0.3, 0.4) is 0 Å². The normalized spacial score (nSPS) is 20.3. The predicted octanol–water partition coefficient (Wildman–Crippen LogP) is 3.25. The Labute approximate surface area is 133 Å². The van der Waals surface area contributed by atoms with Gasteiger partial charge in [-0.2, -0.15) is 13.2 Å². The number of rotatable bonds is 1. The Kier molecular flexibility index (Phi) is 3.31. The van der Waals surface area contributed by atoms with Crippen molar-refractivity contribution in [3.05, 3.63) is 58.1 Å². The molecule has 0 unspecified atom stereocenters. The van der Waals surface area contributed by atoms with Crippen molar-refractivity contribution >= 4 is 23.2 Å². The molecule has 1 amide bonds. The maximum absolute atomic E-state index is 12.8. The number of amides is 1. The number of aliphatic hydroxyl groups is 1. The standard InChI is InChI=1S/C15H9ClF3NO3/c16-8-2-4-12(21)10(6-8)14(23)9-3-1-7(15(17,18)19)5-11(9)20-13(14)22/h1-6,21,23H,(H,20,22)/t14-/m1/s1. The first-order valence-electron chi connectivity index (χ1n) is 6.38. The molecule has 3 rings (SSSR count). The van der Waals surface area contributed by atoms with E-state index < -0.39 is 29.0 Å². The molecule has 23 heavy (non-hydrogen) atoms. The van der Waals surface area contributed by atoms with Gasteiger partial charge in [0.15, 0.2) is 5.60 Å². The molecular formula is C15H9ClF3NO3. The largest absolute Gasteiger partial charge is 0.508 e. The van der Waals surface area contributed by atoms with Gasteiger partial charge < -0.3 is 15.5 Å². The molecule has 8 heteroatoms. The van der Waals surface area contributed by atoms with Gasteiger partial charge in [0.1, 0.15) is 5.75 Å². The lowest BCUT2D eigenvalue weighted by molar-refractivity contribution is -0.137. The van der Waals surface area contributed by atoms with E-state index in [4.69, 9.17) is 11.6 Å². The molecule has 0 radical (unpaired) electrons. The van der Waals surface area contributed by atoms with Crippen molar-refractivity contribution in [2.45, 2.75) is 11.8 Å². The lowest BCUT2D eigenvalue weighted by Crippen LogP contribution is -2.35. The van der Waals surface area contributed by atoms with E-state index in [9.17, 15) is 28.2 Å². The Hall–Kier alpha value is -2.25. The van der Waals surface area contributed by atoms with Crippen LogP contribution in [-0.4, -0.2) is 16.1 Å². The molecule has 0 spiro atoms. The zero-order chi connectivity index (χ0) is 17.0. The number of fused-ring (bicyclic) bond motifs is 1. The molecule has 0 saturated heterocycles. The van der Waals surface area contributed by atoms with Crippen molar-refractivity contribution in [2.24, 2.45) is 0 Å². The molecule has 1 aliphatic rings. The molecule has 120 valence electrons. The minimum Gasteiger partial charge on any atom is -0.508 e. The summed E-state index contributed by atoms with van der Waals surface area (Å²) in [4.78, 5) is 12.2. The fraction of sp³-hybridized carbons (Fsp3) is 0.133. The van der Waals surface area contributed by atoms with Crippen LogP contribution >= 0.6 is 11.6 Å². The van der Waals surface area contributed by atoms with Crippen LogP contribution in [0.1, 0.15) is 16.7 Å². The first-order valence-corrected chi connectivity index (χ1v) is 6.76. The number of anilines is 1. The van der Waals surface area contributed by atoms with Crippen LogP contribution in [-0.2, 0) is 16.6 Å². The molecule has 1 aliphatic heterocycles. The molecule has 0 bridgehead atoms. The Morgan fingerprint density at radius 3 is 2.43 bits per heavy atom. The number of carbonyl (C=O) groups excluding carboxylic acids is 1. The van der Waals surface area contributed by atoms with Gasteiger partial charge in [0.25, 0.3) is 5.91 Å². The Balaban J connectivity index is 2.20. The molecule has 0 aliphatic carbocycles. The number of phenolic OH excluding ortho intramolecular Hbond substituents is 1. The third-order valence-corrected chi connectivity index (χ3v) is 3.90. The smallest absolute Gasteiger partial charge is 0.416 e. The predicted molar refractivity (Wildman–Crippen MR) is 76.2 cm³/mol. The number of carbonyl (C=O) groups is 1. The van der Waals surface area contributed by atoms with Crippen molar-refractivity contribution in [3.8, 4) is 5.75 Å². The van der Waals surface area contributed by atoms with Gasteiger partial charge in [-0.1, -0.05) is 17.7 Å². The van der Waals surface area contributed by atoms with E-state index in [0.29, 0.717) is 0 Å². The fourth-order valence-electron chi connectivity index (χ4n) is 2.54. The summed E-state index contributed by atoms with van der Waals surface area (Å²) in [5.41, 5.74) is -3.76. The second-order valence-corrected chi connectivity index (χ2v) is 5.52. The van der Waals surface area contributed by atoms with E-state index in [1.807, 2.05) is 0 Å². The number of alkyl halides is 3. The highest BCUT2D eigenvalue weighted by Crippen LogP contribution is 2.46. The zero-order valence-corrected chi connectivity index (χ0v) is 12.0. The van der Waals surface area contributed by atoms with Crippen LogP contribution < -0.4 is 5.32 Å². The summed E-state index contributed by atoms with van der Waals surface area (Å²) in [6, 6.07) is 6.20. The monoisotopic (exact) mass is 343 g/mol. The number of benzene rings is 2. The van der Waals surface area contributed by atoms with Crippen molar-refractivity contribution in [2.75, 3.05) is 5.32 Å². The summed E-state index contributed by atoms with van der Waals surface area (Å²) in [6.45, 7) is 0. The number of aromatic hydroxyl groups is 1. The molecule has 2 aromatic carbocycles. The van der Waals surface area contributed by atoms with E-state index in [1.54, 1.807) is 0 Å². The van der Waals surface area contributed by atoms with Gasteiger partial charge in [-0.05, 0) is 30.3 Å². The van der Waals surface area contributed by atoms with Gasteiger partial charge in [-0.3, -0.25) is 4.79 Å². The minimum atomic E-state index is -4.58. The second kappa shape index (κ2) is 4.87. The minimum absolute atomic E-state index is 0.0898. The lowest BCUT2D eigenvalue weighted by Gasteiger charge is -2.22. The number of phenols is 1. The van der Waals surface area contributed by atoms with Crippen LogP contribution in [0.25, 0.3) is 0 Å². The molecule has 0 aromatic heterocycles. The summed E-state index contributed by atoms with van der Waals surface area (Å²) in [5, 5.41) is 23.0. The highest BCUT2D eigenvalue weighted by molar-refractivity contribution is 6.30. The summed E-state index contributed by atoms with van der Waals surface area (Å²) in [6.07, 6.45) is -4.58. The lowest BCUT2D eigenvalue weighted by atomic mass is 9.86. The van der Waals surface area contributed by atoms with Gasteiger partial charge in [-0.25, -0.2) is 0 Å². The van der Waals surface area contributed by atoms with E-state index in [0.717, 1.165) is 18.2 Å². The van der Waals surface area contributed by atoms with E-state index >= 15 is 0 Å². The van der Waals surface area contributed by atoms with Crippen LogP contribution in [0.4, 0.5) is 18.9 Å². The fourth-order valence-corrected chi connectivity index (χ4v) is 2.71. The van der Waals surface area contributed by atoms with Gasteiger partial charge in [0.2, 0.25) is 0 Å². The maximum Gasteiger partial charge on any atom is 0.416 e. The Morgan fingerprint density at radius 2 is 1.78 bits per heavy atom. The van der Waals surface area contributed by atoms with Gasteiger partial charge in [0, 0.05) is 21.8 Å². The summed E-state index contributed by atoms with van der Waals surface area (Å²) in [5.74, 6) is -1.37. The number of nitrogens with one attached hydrogen (secondary N) is 1. The highest BCUT2D eigenvalue weighted by Gasteiger charge is 2.49. The van der Waals surface area contributed by atoms with Crippen LogP contribution in [0.2, 0.25) is 5.02 Å². The van der Waals surface area contributed by atoms with Crippen molar-refractivity contribution < 1.29 is 28.2 Å². The topological polar surface area (TPSA) is 69.6 Å². The SMILES string of the molecule is O=C1Nc2cc(C(F)(F)F)ccc2[C@@]1(O)c1cc(Cl)ccc1O. The van der Waals surface area contributed by atoms with E-state index in [-0.39, 0.29) is 21.8 Å². The molecule has 4 nitrogen and oxygen atoms in total. The van der Waals surface area contributed by atoms with Crippen LogP contribution in [0.15, 0.2) is 36.4 Å². The average Bonchev–Trinajstić information content (AvgIpc) is 2.72. The molecule has 1 heterocycles. The van der Waals surface area contributed by atoms with Crippen LogP contribution in [0, 0.1) is 0 Å². The molecule has 0 saturated carbocycles. The van der Waals surface area contributed by atoms with Crippen molar-refractivity contribution in [1.82, 2.24) is 0 Å². The first-order chi connectivity index (χ1) is 10.6. The van der Waals surface area contributed by atoms with Gasteiger partial charge in [-0.15, -0.1) is 0 Å². The summed E-state index contributed by atoms with van der Waals surface area (Å²) >= 11 is 5.81. The zero-order valence-electron chi connectivity index (χ0n) is 11.3. The quantitative estimate of drug-likeness (QED) is 0.744. The first kappa shape index (κ1) is 15.6. The molecule has 3 N–H and O–H groups in total. The van der Waals surface area contributed by atoms with E-state index in [2.05, 4.69) is 5.32 Å². The van der Waals surface area contributed by atoms with E-state index in [1.165, 1.54) is 18.2 Å². The van der Waals surface area contributed by atoms with Gasteiger partial charge >= 0.3 is 6.18 Å². The van der Waals surface area contributed by atoms with Crippen molar-refractivity contribution in [3.63, 3.8) is 0 Å². The third-order valence-electron chi connectivity index (χ3n) is 3.66.